The molecule has 0 aliphatic rings. The Morgan fingerprint density at radius 2 is 1.61 bits per heavy atom. The summed E-state index contributed by atoms with van der Waals surface area (Å²) in [6.45, 7) is 0. The lowest BCUT2D eigenvalue weighted by Gasteiger charge is -2.14. The number of benzene rings is 4. The average molecular weight is 579 g/mol. The second-order valence-corrected chi connectivity index (χ2v) is 9.32. The maximum Gasteiger partial charge on any atom is 0.266 e. The zero-order valence-electron chi connectivity index (χ0n) is 16.3. The fourth-order valence-corrected chi connectivity index (χ4v) is 4.42. The smallest absolute Gasteiger partial charge is 0.266 e. The molecule has 0 atom stereocenters. The van der Waals surface area contributed by atoms with Crippen LogP contribution in [0.1, 0.15) is 11.4 Å². The summed E-state index contributed by atoms with van der Waals surface area (Å²) in [4.78, 5) is 18.5. The average Bonchev–Trinajstić information content (AvgIpc) is 2.79. The predicted octanol–water partition coefficient (Wildman–Crippen LogP) is 7.08. The van der Waals surface area contributed by atoms with E-state index >= 15 is 0 Å². The molecule has 0 unspecified atom stereocenters. The molecule has 0 spiro atoms. The largest absolute Gasteiger partial charge is 0.268 e. The number of hydrogen-bond donors (Lipinski definition) is 0. The molecule has 4 aromatic carbocycles. The minimum Gasteiger partial charge on any atom is -0.268 e. The third-order valence-corrected chi connectivity index (χ3v) is 6.36. The van der Waals surface area contributed by atoms with Gasteiger partial charge >= 0.3 is 0 Å². The number of hydrogen-bond acceptors (Lipinski definition) is 2. The Labute approximate surface area is 201 Å². The van der Waals surface area contributed by atoms with Gasteiger partial charge in [0, 0.05) is 13.4 Å². The van der Waals surface area contributed by atoms with Gasteiger partial charge in [0.05, 0.1) is 16.6 Å². The second kappa shape index (κ2) is 8.40. The molecule has 0 aliphatic carbocycles. The molecule has 1 heterocycles. The molecule has 31 heavy (non-hydrogen) atoms. The molecule has 0 aliphatic heterocycles. The monoisotopic (exact) mass is 578 g/mol. The zero-order valence-corrected chi connectivity index (χ0v) is 20.0. The molecule has 0 radical (unpaired) electrons. The van der Waals surface area contributed by atoms with Crippen LogP contribution in [-0.2, 0) is 0 Å². The first-order valence-corrected chi connectivity index (χ1v) is 11.6. The molecule has 0 saturated carbocycles. The molecule has 150 valence electrons. The molecule has 0 N–H and O–H groups in total. The molecular weight excluding hydrogens is 563 g/mol. The summed E-state index contributed by atoms with van der Waals surface area (Å²) >= 11 is 5.69. The van der Waals surface area contributed by atoms with Crippen LogP contribution in [-0.4, -0.2) is 9.55 Å². The SMILES string of the molecule is O=c1c2cc(I)ccc2nc(C=Cc2ccc(Br)cc2)n1-c1cccc2ccccc12. The third-order valence-electron chi connectivity index (χ3n) is 5.16. The highest BCUT2D eigenvalue weighted by Gasteiger charge is 2.13. The van der Waals surface area contributed by atoms with Gasteiger partial charge in [0.25, 0.3) is 5.56 Å². The summed E-state index contributed by atoms with van der Waals surface area (Å²) in [7, 11) is 0. The van der Waals surface area contributed by atoms with Crippen LogP contribution in [0.15, 0.2) is 94.2 Å². The van der Waals surface area contributed by atoms with E-state index in [0.29, 0.717) is 16.7 Å². The van der Waals surface area contributed by atoms with E-state index in [4.69, 9.17) is 4.98 Å². The molecular formula is C26H16BrIN2O. The minimum absolute atomic E-state index is 0.0738. The Hall–Kier alpha value is -2.77. The zero-order chi connectivity index (χ0) is 21.4. The van der Waals surface area contributed by atoms with Gasteiger partial charge in [0.15, 0.2) is 0 Å². The highest BCUT2D eigenvalue weighted by Crippen LogP contribution is 2.24. The topological polar surface area (TPSA) is 34.9 Å². The van der Waals surface area contributed by atoms with Gasteiger partial charge in [-0.05, 0) is 76.0 Å². The van der Waals surface area contributed by atoms with Crippen LogP contribution < -0.4 is 5.56 Å². The highest BCUT2D eigenvalue weighted by atomic mass is 127. The van der Waals surface area contributed by atoms with Crippen molar-refractivity contribution in [2.75, 3.05) is 0 Å². The number of nitrogens with zero attached hydrogens (tertiary/aromatic N) is 2. The second-order valence-electron chi connectivity index (χ2n) is 7.16. The first kappa shape index (κ1) is 20.2. The lowest BCUT2D eigenvalue weighted by molar-refractivity contribution is 0.951. The highest BCUT2D eigenvalue weighted by molar-refractivity contribution is 14.1. The van der Waals surface area contributed by atoms with Crippen molar-refractivity contribution < 1.29 is 0 Å². The van der Waals surface area contributed by atoms with Gasteiger partial charge in [-0.15, -0.1) is 0 Å². The van der Waals surface area contributed by atoms with E-state index < -0.39 is 0 Å². The van der Waals surface area contributed by atoms with E-state index in [1.165, 1.54) is 0 Å². The molecule has 0 saturated heterocycles. The molecule has 0 fully saturated rings. The van der Waals surface area contributed by atoms with Gasteiger partial charge in [-0.1, -0.05) is 70.5 Å². The van der Waals surface area contributed by atoms with E-state index in [1.54, 1.807) is 4.57 Å². The first-order chi connectivity index (χ1) is 15.1. The van der Waals surface area contributed by atoms with E-state index in [1.807, 2.05) is 84.9 Å². The van der Waals surface area contributed by atoms with E-state index in [-0.39, 0.29) is 5.56 Å². The van der Waals surface area contributed by atoms with Crippen LogP contribution in [0, 0.1) is 3.57 Å². The third kappa shape index (κ3) is 3.95. The van der Waals surface area contributed by atoms with Crippen molar-refractivity contribution in [3.05, 3.63) is 115 Å². The molecule has 5 rings (SSSR count). The van der Waals surface area contributed by atoms with Crippen LogP contribution in [0.2, 0.25) is 0 Å². The number of rotatable bonds is 3. The van der Waals surface area contributed by atoms with Crippen LogP contribution >= 0.6 is 38.5 Å². The fraction of sp³-hybridized carbons (Fsp3) is 0. The summed E-state index contributed by atoms with van der Waals surface area (Å²) in [6.07, 6.45) is 3.89. The Kier molecular flexibility index (Phi) is 5.46. The molecule has 0 amide bonds. The summed E-state index contributed by atoms with van der Waals surface area (Å²) in [5.74, 6) is 0.595. The molecule has 5 heteroatoms. The number of halogens is 2. The standard InChI is InChI=1S/C26H16BrIN2O/c27-19-11-8-17(9-12-19)10-15-25-29-23-14-13-20(28)16-22(23)26(31)30(25)24-7-3-5-18-4-1-2-6-21(18)24/h1-16H. The van der Waals surface area contributed by atoms with Crippen LogP contribution in [0.3, 0.4) is 0 Å². The van der Waals surface area contributed by atoms with Crippen LogP contribution in [0.4, 0.5) is 0 Å². The van der Waals surface area contributed by atoms with Crippen molar-refractivity contribution in [1.29, 1.82) is 0 Å². The molecule has 5 aromatic rings. The Balaban J connectivity index is 1.80. The van der Waals surface area contributed by atoms with Crippen LogP contribution in [0.25, 0.3) is 39.5 Å². The maximum absolute atomic E-state index is 13.7. The summed E-state index contributed by atoms with van der Waals surface area (Å²) in [5, 5.41) is 2.70. The van der Waals surface area contributed by atoms with Gasteiger partial charge < -0.3 is 0 Å². The maximum atomic E-state index is 13.7. The molecule has 0 bridgehead atoms. The molecule has 1 aromatic heterocycles. The quantitative estimate of drug-likeness (QED) is 0.214. The van der Waals surface area contributed by atoms with Crippen molar-refractivity contribution in [3.63, 3.8) is 0 Å². The molecule has 3 nitrogen and oxygen atoms in total. The van der Waals surface area contributed by atoms with E-state index in [9.17, 15) is 4.79 Å². The Morgan fingerprint density at radius 1 is 0.839 bits per heavy atom. The van der Waals surface area contributed by atoms with Crippen molar-refractivity contribution in [3.8, 4) is 5.69 Å². The number of fused-ring (bicyclic) bond motifs is 2. The van der Waals surface area contributed by atoms with Crippen LogP contribution in [0.5, 0.6) is 0 Å². The van der Waals surface area contributed by atoms with E-state index in [0.717, 1.165) is 30.1 Å². The number of aromatic nitrogens is 2. The van der Waals surface area contributed by atoms with Gasteiger partial charge in [-0.2, -0.15) is 0 Å². The Morgan fingerprint density at radius 3 is 2.45 bits per heavy atom. The minimum atomic E-state index is -0.0738. The Bertz CT molecular complexity index is 1520. The van der Waals surface area contributed by atoms with Crippen molar-refractivity contribution in [2.45, 2.75) is 0 Å². The van der Waals surface area contributed by atoms with Crippen molar-refractivity contribution >= 4 is 72.3 Å². The normalized spacial score (nSPS) is 11.5. The summed E-state index contributed by atoms with van der Waals surface area (Å²) in [5.41, 5.74) is 2.48. The van der Waals surface area contributed by atoms with Gasteiger partial charge in [0.2, 0.25) is 0 Å². The van der Waals surface area contributed by atoms with Crippen molar-refractivity contribution in [1.82, 2.24) is 9.55 Å². The summed E-state index contributed by atoms with van der Waals surface area (Å²) < 4.78 is 3.75. The first-order valence-electron chi connectivity index (χ1n) is 9.74. The van der Waals surface area contributed by atoms with Gasteiger partial charge in [-0.3, -0.25) is 9.36 Å². The van der Waals surface area contributed by atoms with Gasteiger partial charge in [-0.25, -0.2) is 4.98 Å². The lowest BCUT2D eigenvalue weighted by atomic mass is 10.1. The van der Waals surface area contributed by atoms with Gasteiger partial charge in [0.1, 0.15) is 5.82 Å². The van der Waals surface area contributed by atoms with E-state index in [2.05, 4.69) is 50.7 Å². The van der Waals surface area contributed by atoms with Crippen molar-refractivity contribution in [2.24, 2.45) is 0 Å². The lowest BCUT2D eigenvalue weighted by Crippen LogP contribution is -2.22. The summed E-state index contributed by atoms with van der Waals surface area (Å²) in [6, 6.07) is 27.9. The predicted molar refractivity (Wildman–Crippen MR) is 141 cm³/mol. The fourth-order valence-electron chi connectivity index (χ4n) is 3.67.